The van der Waals surface area contributed by atoms with Crippen LogP contribution in [0.5, 0.6) is 0 Å². The highest BCUT2D eigenvalue weighted by molar-refractivity contribution is 5.98. The van der Waals surface area contributed by atoms with E-state index in [4.69, 9.17) is 0 Å². The van der Waals surface area contributed by atoms with Gasteiger partial charge in [-0.2, -0.15) is 0 Å². The standard InChI is InChI=1S/C21H23NO3/c1-15-7-5-8-16(13-15)17-9-6-10-18(14-17)19(23)22-21(20(24)25)11-3-2-4-12-21/h5-10,13-14H,2-4,11-12H2,1H3,(H,22,23)(H,24,25). The van der Waals surface area contributed by atoms with Crippen molar-refractivity contribution in [2.45, 2.75) is 44.6 Å². The summed E-state index contributed by atoms with van der Waals surface area (Å²) in [5.74, 6) is -1.26. The molecule has 4 heteroatoms. The fourth-order valence-electron chi connectivity index (χ4n) is 3.50. The maximum atomic E-state index is 12.7. The van der Waals surface area contributed by atoms with Gasteiger partial charge < -0.3 is 10.4 Å². The van der Waals surface area contributed by atoms with Crippen LogP contribution in [0, 0.1) is 6.92 Å². The molecule has 3 rings (SSSR count). The van der Waals surface area contributed by atoms with Crippen LogP contribution in [0.25, 0.3) is 11.1 Å². The number of nitrogens with one attached hydrogen (secondary N) is 1. The van der Waals surface area contributed by atoms with Crippen molar-refractivity contribution in [1.29, 1.82) is 0 Å². The minimum absolute atomic E-state index is 0.321. The molecule has 2 aromatic rings. The number of amides is 1. The average molecular weight is 337 g/mol. The van der Waals surface area contributed by atoms with Crippen molar-refractivity contribution in [1.82, 2.24) is 5.32 Å². The van der Waals surface area contributed by atoms with Crippen molar-refractivity contribution >= 4 is 11.9 Å². The lowest BCUT2D eigenvalue weighted by molar-refractivity contribution is -0.145. The number of carboxylic acid groups (broad SMARTS) is 1. The summed E-state index contributed by atoms with van der Waals surface area (Å²) in [5.41, 5.74) is 2.50. The van der Waals surface area contributed by atoms with Gasteiger partial charge in [-0.25, -0.2) is 4.79 Å². The molecule has 2 N–H and O–H groups in total. The first kappa shape index (κ1) is 17.2. The summed E-state index contributed by atoms with van der Waals surface area (Å²) < 4.78 is 0. The second-order valence-corrected chi connectivity index (χ2v) is 6.85. The van der Waals surface area contributed by atoms with Gasteiger partial charge in [0, 0.05) is 5.56 Å². The van der Waals surface area contributed by atoms with Crippen molar-refractivity contribution in [3.8, 4) is 11.1 Å². The lowest BCUT2D eigenvalue weighted by Crippen LogP contribution is -2.55. The van der Waals surface area contributed by atoms with E-state index in [-0.39, 0.29) is 5.91 Å². The molecule has 0 spiro atoms. The van der Waals surface area contributed by atoms with Crippen LogP contribution in [0.3, 0.4) is 0 Å². The Labute approximate surface area is 147 Å². The molecular formula is C21H23NO3. The summed E-state index contributed by atoms with van der Waals surface area (Å²) in [6.45, 7) is 2.03. The lowest BCUT2D eigenvalue weighted by atomic mass is 9.81. The quantitative estimate of drug-likeness (QED) is 0.879. The van der Waals surface area contributed by atoms with Crippen molar-refractivity contribution in [2.75, 3.05) is 0 Å². The third-order valence-electron chi connectivity index (χ3n) is 4.95. The molecule has 4 nitrogen and oxygen atoms in total. The van der Waals surface area contributed by atoms with E-state index in [1.165, 1.54) is 0 Å². The van der Waals surface area contributed by atoms with E-state index >= 15 is 0 Å². The van der Waals surface area contributed by atoms with Crippen molar-refractivity contribution in [3.63, 3.8) is 0 Å². The van der Waals surface area contributed by atoms with Crippen LogP contribution < -0.4 is 5.32 Å². The van der Waals surface area contributed by atoms with Crippen molar-refractivity contribution < 1.29 is 14.7 Å². The molecule has 0 atom stereocenters. The predicted octanol–water partition coefficient (Wildman–Crippen LogP) is 4.18. The molecule has 25 heavy (non-hydrogen) atoms. The molecule has 0 aromatic heterocycles. The first-order valence-electron chi connectivity index (χ1n) is 8.73. The molecule has 1 saturated carbocycles. The van der Waals surface area contributed by atoms with Gasteiger partial charge in [0.2, 0.25) is 0 Å². The van der Waals surface area contributed by atoms with Gasteiger partial charge in [0.25, 0.3) is 5.91 Å². The van der Waals surface area contributed by atoms with Gasteiger partial charge in [-0.1, -0.05) is 61.2 Å². The van der Waals surface area contributed by atoms with Gasteiger partial charge in [-0.05, 0) is 43.0 Å². The zero-order chi connectivity index (χ0) is 17.9. The van der Waals surface area contributed by atoms with Crippen molar-refractivity contribution in [2.24, 2.45) is 0 Å². The lowest BCUT2D eigenvalue weighted by Gasteiger charge is -2.34. The zero-order valence-corrected chi connectivity index (χ0v) is 14.4. The summed E-state index contributed by atoms with van der Waals surface area (Å²) in [6, 6.07) is 15.4. The molecule has 1 aliphatic carbocycles. The normalized spacial score (nSPS) is 16.2. The van der Waals surface area contributed by atoms with Crippen LogP contribution >= 0.6 is 0 Å². The minimum Gasteiger partial charge on any atom is -0.480 e. The highest BCUT2D eigenvalue weighted by atomic mass is 16.4. The smallest absolute Gasteiger partial charge is 0.329 e. The van der Waals surface area contributed by atoms with Gasteiger partial charge in [0.1, 0.15) is 5.54 Å². The monoisotopic (exact) mass is 337 g/mol. The molecule has 1 fully saturated rings. The molecule has 0 heterocycles. The summed E-state index contributed by atoms with van der Waals surface area (Å²) in [6.07, 6.45) is 3.66. The van der Waals surface area contributed by atoms with E-state index in [0.717, 1.165) is 36.0 Å². The molecule has 2 aromatic carbocycles. The third kappa shape index (κ3) is 3.73. The fraction of sp³-hybridized carbons (Fsp3) is 0.333. The van der Waals surface area contributed by atoms with Crippen molar-refractivity contribution in [3.05, 3.63) is 59.7 Å². The number of carbonyl (C=O) groups is 2. The summed E-state index contributed by atoms with van der Waals surface area (Å²) in [5, 5.41) is 12.4. The van der Waals surface area contributed by atoms with Crippen LogP contribution in [-0.2, 0) is 4.79 Å². The predicted molar refractivity (Wildman–Crippen MR) is 97.5 cm³/mol. The first-order chi connectivity index (χ1) is 12.0. The molecule has 0 radical (unpaired) electrons. The Bertz CT molecular complexity index is 791. The summed E-state index contributed by atoms with van der Waals surface area (Å²) in [7, 11) is 0. The topological polar surface area (TPSA) is 66.4 Å². The average Bonchev–Trinajstić information content (AvgIpc) is 2.62. The maximum Gasteiger partial charge on any atom is 0.329 e. The molecule has 0 unspecified atom stereocenters. The number of hydrogen-bond donors (Lipinski definition) is 2. The van der Waals surface area contributed by atoms with Gasteiger partial charge >= 0.3 is 5.97 Å². The largest absolute Gasteiger partial charge is 0.480 e. The highest BCUT2D eigenvalue weighted by Crippen LogP contribution is 2.29. The Kier molecular flexibility index (Phi) is 4.88. The number of carboxylic acids is 1. The Balaban J connectivity index is 1.85. The van der Waals surface area contributed by atoms with E-state index in [1.807, 2.05) is 43.3 Å². The van der Waals surface area contributed by atoms with Gasteiger partial charge in [-0.3, -0.25) is 4.79 Å². The number of aryl methyl sites for hydroxylation is 1. The van der Waals surface area contributed by atoms with Crippen LogP contribution in [0.2, 0.25) is 0 Å². The number of carbonyl (C=O) groups excluding carboxylic acids is 1. The zero-order valence-electron chi connectivity index (χ0n) is 14.4. The highest BCUT2D eigenvalue weighted by Gasteiger charge is 2.41. The Morgan fingerprint density at radius 3 is 2.24 bits per heavy atom. The van der Waals surface area contributed by atoms with Crippen LogP contribution in [0.4, 0.5) is 0 Å². The van der Waals surface area contributed by atoms with Gasteiger partial charge in [0.05, 0.1) is 0 Å². The number of benzene rings is 2. The van der Waals surface area contributed by atoms with E-state index in [0.29, 0.717) is 18.4 Å². The van der Waals surface area contributed by atoms with E-state index in [1.54, 1.807) is 6.07 Å². The maximum absolute atomic E-state index is 12.7. The molecular weight excluding hydrogens is 314 g/mol. The van der Waals surface area contributed by atoms with Crippen LogP contribution in [0.15, 0.2) is 48.5 Å². The second-order valence-electron chi connectivity index (χ2n) is 6.85. The van der Waals surface area contributed by atoms with Gasteiger partial charge in [0.15, 0.2) is 0 Å². The van der Waals surface area contributed by atoms with Gasteiger partial charge in [-0.15, -0.1) is 0 Å². The Morgan fingerprint density at radius 2 is 1.60 bits per heavy atom. The minimum atomic E-state index is -1.13. The third-order valence-corrected chi connectivity index (χ3v) is 4.95. The second kappa shape index (κ2) is 7.09. The van der Waals surface area contributed by atoms with Crippen LogP contribution in [0.1, 0.15) is 48.0 Å². The molecule has 0 saturated heterocycles. The molecule has 130 valence electrons. The Morgan fingerprint density at radius 1 is 0.960 bits per heavy atom. The number of aliphatic carboxylic acids is 1. The first-order valence-corrected chi connectivity index (χ1v) is 8.73. The Hall–Kier alpha value is -2.62. The number of rotatable bonds is 4. The van der Waals surface area contributed by atoms with E-state index in [9.17, 15) is 14.7 Å². The summed E-state index contributed by atoms with van der Waals surface area (Å²) >= 11 is 0. The fourth-order valence-corrected chi connectivity index (χ4v) is 3.50. The molecule has 0 bridgehead atoms. The van der Waals surface area contributed by atoms with E-state index < -0.39 is 11.5 Å². The SMILES string of the molecule is Cc1cccc(-c2cccc(C(=O)NC3(C(=O)O)CCCCC3)c2)c1. The summed E-state index contributed by atoms with van der Waals surface area (Å²) in [4.78, 5) is 24.5. The molecule has 1 amide bonds. The van der Waals surface area contributed by atoms with E-state index in [2.05, 4.69) is 11.4 Å². The van der Waals surface area contributed by atoms with Crippen LogP contribution in [-0.4, -0.2) is 22.5 Å². The number of hydrogen-bond acceptors (Lipinski definition) is 2. The molecule has 0 aliphatic heterocycles. The molecule has 1 aliphatic rings.